The first kappa shape index (κ1) is 15.9. The Balaban J connectivity index is 2.50. The molecular weight excluding hydrogens is 258 g/mol. The van der Waals surface area contributed by atoms with Crippen molar-refractivity contribution in [3.05, 3.63) is 23.9 Å². The fourth-order valence-corrected chi connectivity index (χ4v) is 1.47. The number of amides is 1. The lowest BCUT2D eigenvalue weighted by Gasteiger charge is -2.20. The molecule has 0 spiro atoms. The van der Waals surface area contributed by atoms with Gasteiger partial charge in [-0.15, -0.1) is 0 Å². The van der Waals surface area contributed by atoms with E-state index in [1.165, 1.54) is 6.20 Å². The quantitative estimate of drug-likeness (QED) is 0.800. The molecule has 0 aliphatic heterocycles. The van der Waals surface area contributed by atoms with E-state index in [1.807, 2.05) is 20.8 Å². The van der Waals surface area contributed by atoms with Crippen LogP contribution in [0.3, 0.4) is 0 Å². The van der Waals surface area contributed by atoms with Crippen molar-refractivity contribution in [2.24, 2.45) is 0 Å². The summed E-state index contributed by atoms with van der Waals surface area (Å²) in [6.45, 7) is 7.94. The molecule has 20 heavy (non-hydrogen) atoms. The van der Waals surface area contributed by atoms with Crippen LogP contribution in [-0.4, -0.2) is 35.6 Å². The van der Waals surface area contributed by atoms with Crippen LogP contribution in [-0.2, 0) is 9.53 Å². The summed E-state index contributed by atoms with van der Waals surface area (Å²) in [6, 6.07) is 3.24. The third kappa shape index (κ3) is 5.69. The van der Waals surface area contributed by atoms with Crippen LogP contribution in [0.1, 0.15) is 38.1 Å². The molecule has 1 heterocycles. The molecule has 0 bridgehead atoms. The van der Waals surface area contributed by atoms with E-state index in [4.69, 9.17) is 4.74 Å². The second-order valence-electron chi connectivity index (χ2n) is 5.30. The highest BCUT2D eigenvalue weighted by Crippen LogP contribution is 2.06. The number of hydrogen-bond donors (Lipinski definition) is 2. The van der Waals surface area contributed by atoms with E-state index in [2.05, 4.69) is 15.6 Å². The zero-order chi connectivity index (χ0) is 15.2. The van der Waals surface area contributed by atoms with Crippen LogP contribution in [0.4, 0.5) is 5.82 Å². The van der Waals surface area contributed by atoms with Gasteiger partial charge in [-0.1, -0.05) is 0 Å². The van der Waals surface area contributed by atoms with E-state index in [-0.39, 0.29) is 18.0 Å². The number of nitrogens with one attached hydrogen (secondary N) is 2. The summed E-state index contributed by atoms with van der Waals surface area (Å²) in [6.07, 6.45) is 1.42. The molecule has 6 nitrogen and oxygen atoms in total. The predicted molar refractivity (Wildman–Crippen MR) is 76.6 cm³/mol. The molecule has 6 heteroatoms. The number of hydrogen-bond acceptors (Lipinski definition) is 5. The van der Waals surface area contributed by atoms with E-state index >= 15 is 0 Å². The van der Waals surface area contributed by atoms with Gasteiger partial charge in [-0.05, 0) is 39.8 Å². The maximum absolute atomic E-state index is 11.6. The molecule has 0 atom stereocenters. The first-order valence-corrected chi connectivity index (χ1v) is 6.50. The molecule has 1 aromatic rings. The zero-order valence-corrected chi connectivity index (χ0v) is 12.3. The summed E-state index contributed by atoms with van der Waals surface area (Å²) in [5.41, 5.74) is 0.122. The molecule has 110 valence electrons. The molecule has 1 aromatic heterocycles. The third-order valence-corrected chi connectivity index (χ3v) is 2.22. The molecule has 0 aliphatic rings. The summed E-state index contributed by atoms with van der Waals surface area (Å²) in [5.74, 6) is 0.00732. The standard InChI is InChI=1S/C14H21N3O3/c1-5-20-13(19)10-6-7-11(15-8-10)16-9-12(18)17-14(2,3)4/h6-8H,5,9H2,1-4H3,(H,15,16)(H,17,18). The van der Waals surface area contributed by atoms with Gasteiger partial charge >= 0.3 is 5.97 Å². The lowest BCUT2D eigenvalue weighted by Crippen LogP contribution is -2.43. The highest BCUT2D eigenvalue weighted by molar-refractivity contribution is 5.89. The summed E-state index contributed by atoms with van der Waals surface area (Å²) in [7, 11) is 0. The van der Waals surface area contributed by atoms with E-state index in [0.29, 0.717) is 18.0 Å². The summed E-state index contributed by atoms with van der Waals surface area (Å²) in [5, 5.41) is 5.72. The van der Waals surface area contributed by atoms with Crippen LogP contribution in [0.25, 0.3) is 0 Å². The van der Waals surface area contributed by atoms with Gasteiger partial charge < -0.3 is 15.4 Å². The number of aromatic nitrogens is 1. The normalized spacial score (nSPS) is 10.8. The fraction of sp³-hybridized carbons (Fsp3) is 0.500. The van der Waals surface area contributed by atoms with Gasteiger partial charge in [-0.2, -0.15) is 0 Å². The number of pyridine rings is 1. The molecule has 0 saturated heterocycles. The molecule has 1 amide bonds. The van der Waals surface area contributed by atoms with Crippen molar-refractivity contribution >= 4 is 17.7 Å². The number of carbonyl (C=O) groups is 2. The minimum absolute atomic E-state index is 0.117. The fourth-order valence-electron chi connectivity index (χ4n) is 1.47. The van der Waals surface area contributed by atoms with Crippen molar-refractivity contribution in [3.63, 3.8) is 0 Å². The highest BCUT2D eigenvalue weighted by Gasteiger charge is 2.13. The second kappa shape index (κ2) is 6.88. The van der Waals surface area contributed by atoms with E-state index in [9.17, 15) is 9.59 Å². The molecule has 0 saturated carbocycles. The topological polar surface area (TPSA) is 80.3 Å². The van der Waals surface area contributed by atoms with Crippen molar-refractivity contribution in [2.75, 3.05) is 18.5 Å². The highest BCUT2D eigenvalue weighted by atomic mass is 16.5. The van der Waals surface area contributed by atoms with Gasteiger partial charge in [0.1, 0.15) is 5.82 Å². The predicted octanol–water partition coefficient (Wildman–Crippen LogP) is 1.58. The molecule has 0 aromatic carbocycles. The third-order valence-electron chi connectivity index (χ3n) is 2.22. The first-order valence-electron chi connectivity index (χ1n) is 6.50. The smallest absolute Gasteiger partial charge is 0.339 e. The minimum atomic E-state index is -0.406. The summed E-state index contributed by atoms with van der Waals surface area (Å²) >= 11 is 0. The Morgan fingerprint density at radius 2 is 2.00 bits per heavy atom. The van der Waals surface area contributed by atoms with Crippen molar-refractivity contribution < 1.29 is 14.3 Å². The van der Waals surface area contributed by atoms with Gasteiger partial charge in [0.15, 0.2) is 0 Å². The maximum Gasteiger partial charge on any atom is 0.339 e. The van der Waals surface area contributed by atoms with Gasteiger partial charge in [0.05, 0.1) is 18.7 Å². The molecule has 0 unspecified atom stereocenters. The lowest BCUT2D eigenvalue weighted by molar-refractivity contribution is -0.120. The van der Waals surface area contributed by atoms with Crippen LogP contribution >= 0.6 is 0 Å². The van der Waals surface area contributed by atoms with Crippen molar-refractivity contribution in [3.8, 4) is 0 Å². The van der Waals surface area contributed by atoms with Crippen LogP contribution in [0.15, 0.2) is 18.3 Å². The van der Waals surface area contributed by atoms with Crippen molar-refractivity contribution in [1.29, 1.82) is 0 Å². The summed E-state index contributed by atoms with van der Waals surface area (Å²) in [4.78, 5) is 27.1. The van der Waals surface area contributed by atoms with Gasteiger partial charge in [-0.3, -0.25) is 4.79 Å². The maximum atomic E-state index is 11.6. The molecule has 0 fully saturated rings. The van der Waals surface area contributed by atoms with Gasteiger partial charge in [0, 0.05) is 11.7 Å². The van der Waals surface area contributed by atoms with Crippen LogP contribution < -0.4 is 10.6 Å². The number of ether oxygens (including phenoxy) is 1. The number of anilines is 1. The average molecular weight is 279 g/mol. The zero-order valence-electron chi connectivity index (χ0n) is 12.3. The van der Waals surface area contributed by atoms with E-state index in [1.54, 1.807) is 19.1 Å². The molecule has 0 radical (unpaired) electrons. The van der Waals surface area contributed by atoms with Crippen LogP contribution in [0.5, 0.6) is 0 Å². The SMILES string of the molecule is CCOC(=O)c1ccc(NCC(=O)NC(C)(C)C)nc1. The Morgan fingerprint density at radius 1 is 1.30 bits per heavy atom. The second-order valence-corrected chi connectivity index (χ2v) is 5.30. The number of rotatable bonds is 5. The average Bonchev–Trinajstić information content (AvgIpc) is 2.35. The first-order chi connectivity index (χ1) is 9.31. The Morgan fingerprint density at radius 3 is 2.50 bits per heavy atom. The molecule has 0 aliphatic carbocycles. The largest absolute Gasteiger partial charge is 0.462 e. The number of carbonyl (C=O) groups excluding carboxylic acids is 2. The Labute approximate surface area is 118 Å². The van der Waals surface area contributed by atoms with Crippen LogP contribution in [0.2, 0.25) is 0 Å². The Bertz CT molecular complexity index is 464. The van der Waals surface area contributed by atoms with Crippen molar-refractivity contribution in [1.82, 2.24) is 10.3 Å². The van der Waals surface area contributed by atoms with Gasteiger partial charge in [-0.25, -0.2) is 9.78 Å². The summed E-state index contributed by atoms with van der Waals surface area (Å²) < 4.78 is 4.86. The van der Waals surface area contributed by atoms with Gasteiger partial charge in [0.25, 0.3) is 0 Å². The lowest BCUT2D eigenvalue weighted by atomic mass is 10.1. The van der Waals surface area contributed by atoms with Gasteiger partial charge in [0.2, 0.25) is 5.91 Å². The number of esters is 1. The van der Waals surface area contributed by atoms with E-state index in [0.717, 1.165) is 0 Å². The van der Waals surface area contributed by atoms with E-state index < -0.39 is 5.97 Å². The molecular formula is C14H21N3O3. The minimum Gasteiger partial charge on any atom is -0.462 e. The molecule has 1 rings (SSSR count). The van der Waals surface area contributed by atoms with Crippen LogP contribution in [0, 0.1) is 0 Å². The Hall–Kier alpha value is -2.11. The van der Waals surface area contributed by atoms with Crippen molar-refractivity contribution in [2.45, 2.75) is 33.2 Å². The Kier molecular flexibility index (Phi) is 5.49. The molecule has 2 N–H and O–H groups in total. The monoisotopic (exact) mass is 279 g/mol. The number of nitrogens with zero attached hydrogens (tertiary/aromatic N) is 1.